The number of halogens is 3. The molecule has 31 heavy (non-hydrogen) atoms. The third-order valence-corrected chi connectivity index (χ3v) is 7.64. The van der Waals surface area contributed by atoms with Gasteiger partial charge in [0.25, 0.3) is 0 Å². The summed E-state index contributed by atoms with van der Waals surface area (Å²) in [6.07, 6.45) is -5.22. The fourth-order valence-electron chi connectivity index (χ4n) is 4.69. The van der Waals surface area contributed by atoms with Gasteiger partial charge in [0.05, 0.1) is 23.6 Å². The maximum Gasteiger partial charge on any atom is 0.416 e. The Bertz CT molecular complexity index is 943. The number of thioether (sulfide) groups is 1. The number of benzene rings is 1. The van der Waals surface area contributed by atoms with Crippen molar-refractivity contribution < 1.29 is 33.0 Å². The van der Waals surface area contributed by atoms with Gasteiger partial charge in [0, 0.05) is 35.7 Å². The molecule has 3 heterocycles. The van der Waals surface area contributed by atoms with Gasteiger partial charge in [0.15, 0.2) is 0 Å². The fourth-order valence-corrected chi connectivity index (χ4v) is 6.27. The summed E-state index contributed by atoms with van der Waals surface area (Å²) in [7, 11) is 0. The number of aliphatic carboxylic acids is 1. The Balaban J connectivity index is 1.40. The number of alkyl halides is 3. The summed E-state index contributed by atoms with van der Waals surface area (Å²) in [4.78, 5) is 28.2. The van der Waals surface area contributed by atoms with E-state index in [0.717, 1.165) is 12.1 Å². The number of hydrogen-bond donors (Lipinski definition) is 2. The van der Waals surface area contributed by atoms with E-state index in [0.29, 0.717) is 30.1 Å². The average Bonchev–Trinajstić information content (AvgIpc) is 2.88. The second-order valence-corrected chi connectivity index (χ2v) is 9.75. The number of carboxylic acids is 1. The van der Waals surface area contributed by atoms with Gasteiger partial charge in [0.2, 0.25) is 5.91 Å². The standard InChI is InChI=1S/C21H23F3N2O4S/c1-10-16-15(11(2)27)19(28)26(16)17(20(29)30)18(10)31-14-8-25(9-14)7-12-4-3-5-13(6-12)21(22,23)24/h3-6,10-11,14-16,27H,7-9H2,1-2H3,(H,29,30)/t10-,11-,15-,16-/m1/s1. The van der Waals surface area contributed by atoms with Gasteiger partial charge in [-0.1, -0.05) is 25.1 Å². The molecule has 1 amide bonds. The lowest BCUT2D eigenvalue weighted by Crippen LogP contribution is -2.63. The maximum absolute atomic E-state index is 12.9. The largest absolute Gasteiger partial charge is 0.477 e. The predicted molar refractivity (Wildman–Crippen MR) is 108 cm³/mol. The number of aliphatic hydroxyl groups excluding tert-OH is 1. The monoisotopic (exact) mass is 456 g/mol. The van der Waals surface area contributed by atoms with E-state index in [4.69, 9.17) is 0 Å². The molecule has 2 fully saturated rings. The van der Waals surface area contributed by atoms with Gasteiger partial charge >= 0.3 is 12.1 Å². The Morgan fingerprint density at radius 2 is 2.00 bits per heavy atom. The van der Waals surface area contributed by atoms with E-state index in [9.17, 15) is 33.0 Å². The lowest BCUT2D eigenvalue weighted by Gasteiger charge is -2.46. The molecule has 0 aromatic heterocycles. The molecule has 168 valence electrons. The molecule has 1 aromatic rings. The topological polar surface area (TPSA) is 81.1 Å². The van der Waals surface area contributed by atoms with Gasteiger partial charge in [-0.3, -0.25) is 9.69 Å². The number of carbonyl (C=O) groups is 2. The Morgan fingerprint density at radius 1 is 1.32 bits per heavy atom. The van der Waals surface area contributed by atoms with Gasteiger partial charge in [-0.25, -0.2) is 4.79 Å². The minimum atomic E-state index is -4.38. The first kappa shape index (κ1) is 22.2. The first-order valence-electron chi connectivity index (χ1n) is 10.0. The van der Waals surface area contributed by atoms with Crippen LogP contribution in [-0.2, 0) is 22.3 Å². The lowest BCUT2D eigenvalue weighted by atomic mass is 9.79. The molecule has 2 saturated heterocycles. The highest BCUT2D eigenvalue weighted by molar-refractivity contribution is 8.03. The Morgan fingerprint density at radius 3 is 2.58 bits per heavy atom. The SMILES string of the molecule is C[C@@H](O)[C@H]1C(=O)N2C(C(=O)O)=C(SC3CN(Cc4cccc(C(F)(F)F)c4)C3)[C@H](C)[C@H]12. The summed E-state index contributed by atoms with van der Waals surface area (Å²) in [5, 5.41) is 19.7. The van der Waals surface area contributed by atoms with Crippen LogP contribution in [0.1, 0.15) is 25.0 Å². The molecule has 2 N–H and O–H groups in total. The zero-order valence-electron chi connectivity index (χ0n) is 17.0. The normalized spacial score (nSPS) is 27.7. The van der Waals surface area contributed by atoms with Crippen molar-refractivity contribution in [2.45, 2.75) is 44.0 Å². The molecule has 0 saturated carbocycles. The van der Waals surface area contributed by atoms with Crippen LogP contribution < -0.4 is 0 Å². The zero-order chi connectivity index (χ0) is 22.7. The minimum Gasteiger partial charge on any atom is -0.477 e. The predicted octanol–water partition coefficient (Wildman–Crippen LogP) is 2.78. The summed E-state index contributed by atoms with van der Waals surface area (Å²) in [5.41, 5.74) is -0.0949. The number of β-lactam (4-membered cyclic amide) rings is 1. The molecule has 0 unspecified atom stereocenters. The van der Waals surface area contributed by atoms with Crippen molar-refractivity contribution in [1.82, 2.24) is 9.80 Å². The molecule has 4 rings (SSSR count). The number of rotatable bonds is 6. The number of fused-ring (bicyclic) bond motifs is 1. The van der Waals surface area contributed by atoms with Crippen LogP contribution in [0.5, 0.6) is 0 Å². The molecular formula is C21H23F3N2O4S. The van der Waals surface area contributed by atoms with Crippen LogP contribution in [0.3, 0.4) is 0 Å². The van der Waals surface area contributed by atoms with Gasteiger partial charge in [0.1, 0.15) is 5.70 Å². The summed E-state index contributed by atoms with van der Waals surface area (Å²) in [6.45, 7) is 5.02. The first-order valence-corrected chi connectivity index (χ1v) is 10.9. The Labute approximate surface area is 181 Å². The van der Waals surface area contributed by atoms with Crippen molar-refractivity contribution in [3.63, 3.8) is 0 Å². The Hall–Kier alpha value is -2.04. The Kier molecular flexibility index (Phi) is 5.60. The van der Waals surface area contributed by atoms with Gasteiger partial charge < -0.3 is 15.1 Å². The highest BCUT2D eigenvalue weighted by Crippen LogP contribution is 2.52. The number of carbonyl (C=O) groups excluding carboxylic acids is 1. The maximum atomic E-state index is 12.9. The zero-order valence-corrected chi connectivity index (χ0v) is 17.8. The highest BCUT2D eigenvalue weighted by atomic mass is 32.2. The van der Waals surface area contributed by atoms with E-state index in [1.807, 2.05) is 11.8 Å². The van der Waals surface area contributed by atoms with Crippen LogP contribution in [0, 0.1) is 11.8 Å². The molecule has 6 nitrogen and oxygen atoms in total. The van der Waals surface area contributed by atoms with E-state index >= 15 is 0 Å². The van der Waals surface area contributed by atoms with Gasteiger partial charge in [-0.2, -0.15) is 13.2 Å². The molecule has 0 radical (unpaired) electrons. The number of nitrogens with zero attached hydrogens (tertiary/aromatic N) is 2. The molecule has 3 aliphatic rings. The second-order valence-electron chi connectivity index (χ2n) is 8.40. The van der Waals surface area contributed by atoms with E-state index in [1.165, 1.54) is 29.7 Å². The van der Waals surface area contributed by atoms with Crippen LogP contribution >= 0.6 is 11.8 Å². The van der Waals surface area contributed by atoms with E-state index in [-0.39, 0.29) is 28.8 Å². The quantitative estimate of drug-likeness (QED) is 0.641. The van der Waals surface area contributed by atoms with Gasteiger partial charge in [-0.15, -0.1) is 11.8 Å². The number of hydrogen-bond acceptors (Lipinski definition) is 5. The van der Waals surface area contributed by atoms with Crippen LogP contribution in [0.15, 0.2) is 34.9 Å². The molecule has 1 aromatic carbocycles. The van der Waals surface area contributed by atoms with Crippen LogP contribution in [-0.4, -0.2) is 62.4 Å². The van der Waals surface area contributed by atoms with Crippen molar-refractivity contribution in [3.8, 4) is 0 Å². The van der Waals surface area contributed by atoms with Crippen LogP contribution in [0.2, 0.25) is 0 Å². The van der Waals surface area contributed by atoms with Crippen LogP contribution in [0.4, 0.5) is 13.2 Å². The third-order valence-electron chi connectivity index (χ3n) is 6.19. The number of carboxylic acid groups (broad SMARTS) is 1. The summed E-state index contributed by atoms with van der Waals surface area (Å²) in [5.74, 6) is -2.30. The summed E-state index contributed by atoms with van der Waals surface area (Å²) >= 11 is 1.43. The molecule has 3 aliphatic heterocycles. The average molecular weight is 456 g/mol. The van der Waals surface area contributed by atoms with Gasteiger partial charge in [-0.05, 0) is 18.6 Å². The van der Waals surface area contributed by atoms with Crippen LogP contribution in [0.25, 0.3) is 0 Å². The molecule has 4 atom stereocenters. The lowest BCUT2D eigenvalue weighted by molar-refractivity contribution is -0.163. The third kappa shape index (κ3) is 3.85. The molecule has 0 bridgehead atoms. The summed E-state index contributed by atoms with van der Waals surface area (Å²) in [6, 6.07) is 4.91. The van der Waals surface area contributed by atoms with Crippen molar-refractivity contribution in [1.29, 1.82) is 0 Å². The molecular weight excluding hydrogens is 433 g/mol. The fraction of sp³-hybridized carbons (Fsp3) is 0.524. The number of likely N-dealkylation sites (tertiary alicyclic amines) is 1. The van der Waals surface area contributed by atoms with E-state index < -0.39 is 29.7 Å². The number of amides is 1. The van der Waals surface area contributed by atoms with E-state index in [1.54, 1.807) is 6.07 Å². The highest BCUT2D eigenvalue weighted by Gasteiger charge is 2.60. The van der Waals surface area contributed by atoms with Crippen molar-refractivity contribution in [2.24, 2.45) is 11.8 Å². The van der Waals surface area contributed by atoms with Crippen molar-refractivity contribution in [2.75, 3.05) is 13.1 Å². The smallest absolute Gasteiger partial charge is 0.416 e. The van der Waals surface area contributed by atoms with Crippen molar-refractivity contribution >= 4 is 23.6 Å². The minimum absolute atomic E-state index is 0.000674. The molecule has 10 heteroatoms. The summed E-state index contributed by atoms with van der Waals surface area (Å²) < 4.78 is 38.7. The van der Waals surface area contributed by atoms with Crippen molar-refractivity contribution in [3.05, 3.63) is 46.0 Å². The molecule has 0 spiro atoms. The van der Waals surface area contributed by atoms with E-state index in [2.05, 4.69) is 0 Å². The number of aliphatic hydroxyl groups is 1. The molecule has 0 aliphatic carbocycles. The first-order chi connectivity index (χ1) is 14.5. The second kappa shape index (κ2) is 7.83.